The van der Waals surface area contributed by atoms with Crippen molar-refractivity contribution in [3.8, 4) is 0 Å². The molecule has 3 aromatic rings. The number of hydrogen-bond acceptors (Lipinski definition) is 2. The molecule has 1 heterocycles. The minimum atomic E-state index is 0.0447. The summed E-state index contributed by atoms with van der Waals surface area (Å²) in [6.45, 7) is 0. The van der Waals surface area contributed by atoms with Gasteiger partial charge in [0, 0.05) is 22.0 Å². The number of nitrogens with one attached hydrogen (secondary N) is 1. The van der Waals surface area contributed by atoms with E-state index in [1.165, 1.54) is 5.56 Å². The normalized spacial score (nSPS) is 19.5. The molecule has 0 spiro atoms. The van der Waals surface area contributed by atoms with Gasteiger partial charge in [0.2, 0.25) is 5.91 Å². The van der Waals surface area contributed by atoms with Crippen LogP contribution in [0.5, 0.6) is 0 Å². The van der Waals surface area contributed by atoms with Gasteiger partial charge in [-0.2, -0.15) is 0 Å². The fraction of sp³-hybridized carbons (Fsp3) is 0.158. The monoisotopic (exact) mass is 366 g/mol. The van der Waals surface area contributed by atoms with Crippen LogP contribution in [0, 0.1) is 5.92 Å². The molecule has 2 aromatic carbocycles. The Kier molecular flexibility index (Phi) is 3.62. The molecule has 3 nitrogen and oxygen atoms in total. The molecule has 23 heavy (non-hydrogen) atoms. The second kappa shape index (κ2) is 5.78. The van der Waals surface area contributed by atoms with Crippen LogP contribution in [0.2, 0.25) is 0 Å². The highest BCUT2D eigenvalue weighted by molar-refractivity contribution is 9.10. The van der Waals surface area contributed by atoms with Gasteiger partial charge in [-0.1, -0.05) is 46.3 Å². The van der Waals surface area contributed by atoms with Crippen LogP contribution < -0.4 is 5.32 Å². The number of anilines is 1. The van der Waals surface area contributed by atoms with Crippen LogP contribution >= 0.6 is 15.9 Å². The number of halogens is 1. The number of benzene rings is 2. The first-order valence-electron chi connectivity index (χ1n) is 7.62. The number of rotatable bonds is 3. The minimum absolute atomic E-state index is 0.0447. The number of pyridine rings is 1. The Hall–Kier alpha value is -2.20. The van der Waals surface area contributed by atoms with Crippen molar-refractivity contribution in [1.82, 2.24) is 4.98 Å². The molecule has 1 saturated carbocycles. The Balaban J connectivity index is 1.53. The molecule has 1 amide bonds. The first-order chi connectivity index (χ1) is 11.2. The summed E-state index contributed by atoms with van der Waals surface area (Å²) in [6, 6.07) is 17.9. The summed E-state index contributed by atoms with van der Waals surface area (Å²) in [5, 5.41) is 4.08. The Labute approximate surface area is 142 Å². The zero-order valence-corrected chi connectivity index (χ0v) is 14.0. The van der Waals surface area contributed by atoms with Crippen LogP contribution in [0.3, 0.4) is 0 Å². The predicted octanol–water partition coefficient (Wildman–Crippen LogP) is 4.74. The van der Waals surface area contributed by atoms with Gasteiger partial charge in [-0.25, -0.2) is 0 Å². The lowest BCUT2D eigenvalue weighted by Gasteiger charge is -2.08. The highest BCUT2D eigenvalue weighted by Gasteiger charge is 2.44. The zero-order chi connectivity index (χ0) is 15.8. The van der Waals surface area contributed by atoms with Gasteiger partial charge in [0.1, 0.15) is 0 Å². The predicted molar refractivity (Wildman–Crippen MR) is 95.4 cm³/mol. The van der Waals surface area contributed by atoms with Crippen LogP contribution in [0.25, 0.3) is 10.9 Å². The van der Waals surface area contributed by atoms with Crippen LogP contribution in [0.4, 0.5) is 5.69 Å². The molecule has 1 aliphatic carbocycles. The van der Waals surface area contributed by atoms with Gasteiger partial charge in [-0.05, 0) is 42.2 Å². The molecule has 1 aromatic heterocycles. The Bertz CT molecular complexity index is 888. The SMILES string of the molecule is O=C(Nc1cccc2cccnc12)[C@H]1C[C@H]1c1cccc(Br)c1. The van der Waals surface area contributed by atoms with Crippen molar-refractivity contribution in [2.45, 2.75) is 12.3 Å². The van der Waals surface area contributed by atoms with Gasteiger partial charge >= 0.3 is 0 Å². The topological polar surface area (TPSA) is 42.0 Å². The summed E-state index contributed by atoms with van der Waals surface area (Å²) >= 11 is 3.49. The van der Waals surface area contributed by atoms with Gasteiger partial charge in [-0.3, -0.25) is 9.78 Å². The van der Waals surface area contributed by atoms with Crippen LogP contribution in [-0.4, -0.2) is 10.9 Å². The summed E-state index contributed by atoms with van der Waals surface area (Å²) < 4.78 is 1.05. The number of para-hydroxylation sites is 1. The van der Waals surface area contributed by atoms with Crippen molar-refractivity contribution >= 4 is 38.4 Å². The van der Waals surface area contributed by atoms with Crippen molar-refractivity contribution in [2.24, 2.45) is 5.92 Å². The van der Waals surface area contributed by atoms with Crippen molar-refractivity contribution in [3.05, 3.63) is 70.8 Å². The number of carbonyl (C=O) groups is 1. The molecule has 114 valence electrons. The maximum atomic E-state index is 12.5. The van der Waals surface area contributed by atoms with Crippen molar-refractivity contribution in [1.29, 1.82) is 0 Å². The Morgan fingerprint density at radius 2 is 1.96 bits per heavy atom. The van der Waals surface area contributed by atoms with Gasteiger partial charge in [0.25, 0.3) is 0 Å². The number of carbonyl (C=O) groups excluding carboxylic acids is 1. The van der Waals surface area contributed by atoms with Crippen LogP contribution in [0.15, 0.2) is 65.3 Å². The number of fused-ring (bicyclic) bond motifs is 1. The quantitative estimate of drug-likeness (QED) is 0.727. The fourth-order valence-electron chi connectivity index (χ4n) is 3.02. The molecular weight excluding hydrogens is 352 g/mol. The highest BCUT2D eigenvalue weighted by Crippen LogP contribution is 2.48. The first-order valence-corrected chi connectivity index (χ1v) is 8.42. The average Bonchev–Trinajstić information content (AvgIpc) is 3.36. The molecule has 1 aliphatic rings. The molecule has 0 radical (unpaired) electrons. The molecule has 0 saturated heterocycles. The van der Waals surface area contributed by atoms with Gasteiger partial charge in [0.05, 0.1) is 11.2 Å². The fourth-order valence-corrected chi connectivity index (χ4v) is 3.44. The minimum Gasteiger partial charge on any atom is -0.324 e. The highest BCUT2D eigenvalue weighted by atomic mass is 79.9. The van der Waals surface area contributed by atoms with E-state index < -0.39 is 0 Å². The number of amides is 1. The van der Waals surface area contributed by atoms with Crippen LogP contribution in [0.1, 0.15) is 17.9 Å². The summed E-state index contributed by atoms with van der Waals surface area (Å²) in [5.74, 6) is 0.437. The molecule has 0 unspecified atom stereocenters. The van der Waals surface area contributed by atoms with E-state index in [1.54, 1.807) is 6.20 Å². The molecule has 2 atom stereocenters. The summed E-state index contributed by atoms with van der Waals surface area (Å²) in [5.41, 5.74) is 2.84. The maximum Gasteiger partial charge on any atom is 0.228 e. The molecule has 0 aliphatic heterocycles. The smallest absolute Gasteiger partial charge is 0.228 e. The van der Waals surface area contributed by atoms with Crippen molar-refractivity contribution in [2.75, 3.05) is 5.32 Å². The zero-order valence-electron chi connectivity index (χ0n) is 12.4. The van der Waals surface area contributed by atoms with E-state index in [0.717, 1.165) is 27.5 Å². The average molecular weight is 367 g/mol. The Morgan fingerprint density at radius 1 is 1.13 bits per heavy atom. The van der Waals surface area contributed by atoms with E-state index in [0.29, 0.717) is 5.92 Å². The van der Waals surface area contributed by atoms with Crippen molar-refractivity contribution < 1.29 is 4.79 Å². The van der Waals surface area contributed by atoms with Crippen LogP contribution in [-0.2, 0) is 4.79 Å². The third-order valence-corrected chi connectivity index (χ3v) is 4.79. The summed E-state index contributed by atoms with van der Waals surface area (Å²) in [4.78, 5) is 16.9. The van der Waals surface area contributed by atoms with E-state index >= 15 is 0 Å². The molecule has 1 N–H and O–H groups in total. The second-order valence-electron chi connectivity index (χ2n) is 5.87. The largest absolute Gasteiger partial charge is 0.324 e. The second-order valence-corrected chi connectivity index (χ2v) is 6.79. The first kappa shape index (κ1) is 14.4. The van der Waals surface area contributed by atoms with E-state index in [1.807, 2.05) is 42.5 Å². The van der Waals surface area contributed by atoms with Crippen molar-refractivity contribution in [3.63, 3.8) is 0 Å². The number of nitrogens with zero attached hydrogens (tertiary/aromatic N) is 1. The van der Waals surface area contributed by atoms with Gasteiger partial charge < -0.3 is 5.32 Å². The number of hydrogen-bond donors (Lipinski definition) is 1. The lowest BCUT2D eigenvalue weighted by atomic mass is 10.1. The molecule has 4 rings (SSSR count). The summed E-state index contributed by atoms with van der Waals surface area (Å²) in [6.07, 6.45) is 2.65. The molecule has 0 bridgehead atoms. The van der Waals surface area contributed by atoms with E-state index in [-0.39, 0.29) is 11.8 Å². The molecule has 4 heteroatoms. The maximum absolute atomic E-state index is 12.5. The lowest BCUT2D eigenvalue weighted by Crippen LogP contribution is -2.15. The molecule has 1 fully saturated rings. The molecular formula is C19H15BrN2O. The standard InChI is InChI=1S/C19H15BrN2O/c20-14-7-1-5-13(10-14)15-11-16(15)19(23)22-17-8-2-4-12-6-3-9-21-18(12)17/h1-10,15-16H,11H2,(H,22,23)/t15-,16-/m0/s1. The van der Waals surface area contributed by atoms with E-state index in [9.17, 15) is 4.79 Å². The van der Waals surface area contributed by atoms with E-state index in [2.05, 4.69) is 38.4 Å². The Morgan fingerprint density at radius 3 is 2.83 bits per heavy atom. The van der Waals surface area contributed by atoms with Gasteiger partial charge in [0.15, 0.2) is 0 Å². The third-order valence-electron chi connectivity index (χ3n) is 4.29. The number of aromatic nitrogens is 1. The lowest BCUT2D eigenvalue weighted by molar-refractivity contribution is -0.117. The third kappa shape index (κ3) is 2.86. The van der Waals surface area contributed by atoms with E-state index in [4.69, 9.17) is 0 Å². The van der Waals surface area contributed by atoms with Gasteiger partial charge in [-0.15, -0.1) is 0 Å². The summed E-state index contributed by atoms with van der Waals surface area (Å²) in [7, 11) is 0.